The van der Waals surface area contributed by atoms with E-state index < -0.39 is 0 Å². The molecule has 1 aromatic carbocycles. The third-order valence-corrected chi connectivity index (χ3v) is 4.28. The molecule has 2 aliphatic rings. The Kier molecular flexibility index (Phi) is 3.33. The maximum atomic E-state index is 11.2. The molecule has 2 aromatic rings. The van der Waals surface area contributed by atoms with Gasteiger partial charge in [0.15, 0.2) is 6.10 Å². The summed E-state index contributed by atoms with van der Waals surface area (Å²) in [5, 5.41) is 0. The van der Waals surface area contributed by atoms with Gasteiger partial charge in [-0.3, -0.25) is 9.36 Å². The molecular formula is C17H18N2O3. The van der Waals surface area contributed by atoms with E-state index in [1.54, 1.807) is 6.20 Å². The molecule has 5 heteroatoms. The van der Waals surface area contributed by atoms with Crippen LogP contribution in [0.3, 0.4) is 0 Å². The zero-order valence-electron chi connectivity index (χ0n) is 12.3. The van der Waals surface area contributed by atoms with E-state index in [1.165, 1.54) is 36.5 Å². The molecule has 0 N–H and O–H groups in total. The minimum atomic E-state index is -0.275. The molecule has 1 atom stereocenters. The van der Waals surface area contributed by atoms with Crippen molar-refractivity contribution in [1.82, 2.24) is 9.55 Å². The Morgan fingerprint density at radius 1 is 1.23 bits per heavy atom. The molecule has 0 bridgehead atoms. The summed E-state index contributed by atoms with van der Waals surface area (Å²) in [4.78, 5) is 15.1. The summed E-state index contributed by atoms with van der Waals surface area (Å²) in [6.45, 7) is 1.11. The van der Waals surface area contributed by atoms with Crippen molar-refractivity contribution in [3.05, 3.63) is 51.9 Å². The maximum Gasteiger partial charge on any atom is 0.300 e. The number of aryl methyl sites for hydroxylation is 2. The molecule has 1 aromatic heterocycles. The zero-order chi connectivity index (χ0) is 14.9. The lowest BCUT2D eigenvalue weighted by Crippen LogP contribution is -2.23. The molecule has 0 unspecified atom stereocenters. The predicted octanol–water partition coefficient (Wildman–Crippen LogP) is 1.96. The zero-order valence-corrected chi connectivity index (χ0v) is 12.3. The van der Waals surface area contributed by atoms with Crippen molar-refractivity contribution in [1.29, 1.82) is 0 Å². The lowest BCUT2D eigenvalue weighted by molar-refractivity contribution is 0.143. The van der Waals surface area contributed by atoms with Crippen molar-refractivity contribution < 1.29 is 9.47 Å². The lowest BCUT2D eigenvalue weighted by atomic mass is 9.92. The number of nitrogens with zero attached hydrogens (tertiary/aromatic N) is 2. The van der Waals surface area contributed by atoms with Gasteiger partial charge in [0.05, 0.1) is 6.54 Å². The number of benzene rings is 1. The number of fused-ring (bicyclic) bond motifs is 2. The van der Waals surface area contributed by atoms with Crippen molar-refractivity contribution in [2.75, 3.05) is 6.61 Å². The highest BCUT2D eigenvalue weighted by molar-refractivity contribution is 5.37. The van der Waals surface area contributed by atoms with Crippen molar-refractivity contribution in [2.45, 2.75) is 38.3 Å². The SMILES string of the molecule is O=c1ccn2c(n1)O[C@H](COc1ccc3c(c1)CCCC3)C2. The number of hydrogen-bond donors (Lipinski definition) is 0. The Morgan fingerprint density at radius 2 is 2.09 bits per heavy atom. The Morgan fingerprint density at radius 3 is 3.00 bits per heavy atom. The van der Waals surface area contributed by atoms with Crippen LogP contribution in [0.5, 0.6) is 11.8 Å². The van der Waals surface area contributed by atoms with Crippen LogP contribution < -0.4 is 15.0 Å². The first-order valence-electron chi connectivity index (χ1n) is 7.77. The maximum absolute atomic E-state index is 11.2. The molecule has 0 fully saturated rings. The fourth-order valence-electron chi connectivity index (χ4n) is 3.13. The summed E-state index contributed by atoms with van der Waals surface area (Å²) in [5.41, 5.74) is 2.58. The monoisotopic (exact) mass is 298 g/mol. The molecule has 22 heavy (non-hydrogen) atoms. The number of aromatic nitrogens is 2. The summed E-state index contributed by atoms with van der Waals surface area (Å²) in [6.07, 6.45) is 6.47. The Labute approximate surface area is 128 Å². The summed E-state index contributed by atoms with van der Waals surface area (Å²) < 4.78 is 13.4. The summed E-state index contributed by atoms with van der Waals surface area (Å²) in [6, 6.07) is 8.19. The Bertz CT molecular complexity index is 754. The molecule has 0 saturated heterocycles. The van der Waals surface area contributed by atoms with Crippen LogP contribution in [0.15, 0.2) is 35.3 Å². The molecule has 5 nitrogen and oxygen atoms in total. The third-order valence-electron chi connectivity index (χ3n) is 4.28. The largest absolute Gasteiger partial charge is 0.490 e. The summed E-state index contributed by atoms with van der Waals surface area (Å²) >= 11 is 0. The van der Waals surface area contributed by atoms with Crippen molar-refractivity contribution in [2.24, 2.45) is 0 Å². The van der Waals surface area contributed by atoms with E-state index in [-0.39, 0.29) is 11.7 Å². The van der Waals surface area contributed by atoms with Gasteiger partial charge in [-0.05, 0) is 48.9 Å². The first-order valence-corrected chi connectivity index (χ1v) is 7.77. The smallest absolute Gasteiger partial charge is 0.300 e. The van der Waals surface area contributed by atoms with Gasteiger partial charge >= 0.3 is 0 Å². The van der Waals surface area contributed by atoms with Crippen LogP contribution in [-0.4, -0.2) is 22.3 Å². The van der Waals surface area contributed by atoms with Gasteiger partial charge in [-0.1, -0.05) is 6.07 Å². The van der Waals surface area contributed by atoms with E-state index in [0.717, 1.165) is 12.2 Å². The van der Waals surface area contributed by atoms with Crippen LogP contribution in [0.25, 0.3) is 0 Å². The highest BCUT2D eigenvalue weighted by atomic mass is 16.6. The van der Waals surface area contributed by atoms with E-state index in [4.69, 9.17) is 9.47 Å². The van der Waals surface area contributed by atoms with Crippen LogP contribution in [-0.2, 0) is 19.4 Å². The van der Waals surface area contributed by atoms with Gasteiger partial charge < -0.3 is 9.47 Å². The molecule has 0 amide bonds. The molecule has 4 rings (SSSR count). The van der Waals surface area contributed by atoms with Gasteiger partial charge in [-0.25, -0.2) is 0 Å². The van der Waals surface area contributed by atoms with Crippen molar-refractivity contribution in [3.63, 3.8) is 0 Å². The fourth-order valence-corrected chi connectivity index (χ4v) is 3.13. The molecule has 1 aliphatic carbocycles. The van der Waals surface area contributed by atoms with Crippen LogP contribution in [0.2, 0.25) is 0 Å². The average molecular weight is 298 g/mol. The fraction of sp³-hybridized carbons (Fsp3) is 0.412. The van der Waals surface area contributed by atoms with Gasteiger partial charge in [-0.2, -0.15) is 4.98 Å². The van der Waals surface area contributed by atoms with Crippen molar-refractivity contribution >= 4 is 0 Å². The first-order chi connectivity index (χ1) is 10.8. The highest BCUT2D eigenvalue weighted by Gasteiger charge is 2.23. The van der Waals surface area contributed by atoms with Crippen LogP contribution in [0, 0.1) is 0 Å². The van der Waals surface area contributed by atoms with Gasteiger partial charge in [0.25, 0.3) is 11.6 Å². The molecule has 1 aliphatic heterocycles. The van der Waals surface area contributed by atoms with E-state index in [1.807, 2.05) is 10.6 Å². The van der Waals surface area contributed by atoms with E-state index in [9.17, 15) is 4.79 Å². The normalized spacial score (nSPS) is 19.2. The quantitative estimate of drug-likeness (QED) is 0.869. The lowest BCUT2D eigenvalue weighted by Gasteiger charge is -2.17. The predicted molar refractivity (Wildman–Crippen MR) is 81.5 cm³/mol. The molecule has 2 heterocycles. The van der Waals surface area contributed by atoms with Crippen LogP contribution in [0.1, 0.15) is 24.0 Å². The van der Waals surface area contributed by atoms with Gasteiger partial charge in [-0.15, -0.1) is 0 Å². The minimum Gasteiger partial charge on any atom is -0.490 e. The Balaban J connectivity index is 1.41. The van der Waals surface area contributed by atoms with Crippen LogP contribution >= 0.6 is 0 Å². The van der Waals surface area contributed by atoms with Crippen LogP contribution in [0.4, 0.5) is 0 Å². The number of rotatable bonds is 3. The molecular weight excluding hydrogens is 280 g/mol. The number of hydrogen-bond acceptors (Lipinski definition) is 4. The highest BCUT2D eigenvalue weighted by Crippen LogP contribution is 2.26. The summed E-state index contributed by atoms with van der Waals surface area (Å²) in [7, 11) is 0. The second-order valence-electron chi connectivity index (χ2n) is 5.89. The van der Waals surface area contributed by atoms with Gasteiger partial charge in [0.2, 0.25) is 0 Å². The van der Waals surface area contributed by atoms with E-state index >= 15 is 0 Å². The van der Waals surface area contributed by atoms with Gasteiger partial charge in [0.1, 0.15) is 12.4 Å². The standard InChI is InChI=1S/C17H18N2O3/c20-16-7-8-19-10-15(22-17(19)18-16)11-21-14-6-5-12-3-1-2-4-13(12)9-14/h5-9,15H,1-4,10-11H2/t15-/m0/s1. The average Bonchev–Trinajstić information content (AvgIpc) is 2.94. The minimum absolute atomic E-state index is 0.106. The molecule has 0 radical (unpaired) electrons. The summed E-state index contributed by atoms with van der Waals surface area (Å²) in [5.74, 6) is 0.891. The molecule has 0 saturated carbocycles. The topological polar surface area (TPSA) is 53.4 Å². The second-order valence-corrected chi connectivity index (χ2v) is 5.89. The van der Waals surface area contributed by atoms with E-state index in [2.05, 4.69) is 17.1 Å². The Hall–Kier alpha value is -2.30. The third kappa shape index (κ3) is 2.58. The first kappa shape index (κ1) is 13.4. The van der Waals surface area contributed by atoms with Crippen molar-refractivity contribution in [3.8, 4) is 11.8 Å². The number of ether oxygens (including phenoxy) is 2. The second kappa shape index (κ2) is 5.48. The van der Waals surface area contributed by atoms with Gasteiger partial charge in [0, 0.05) is 12.3 Å². The molecule has 114 valence electrons. The molecule has 0 spiro atoms. The van der Waals surface area contributed by atoms with E-state index in [0.29, 0.717) is 19.2 Å².